The normalized spacial score (nSPS) is 11.8. The Hall–Kier alpha value is -9.73. The molecule has 22 heteroatoms. The standard InChI is InChI=1S/C18H17N5O2.C18H19N5O2.C15H14N6O2.2C2H6/c1-25-12-6-4-5-11-14(12)21-17(19)22-15(11)16(24)23-18(8-9-18)13-7-2-3-10-20-13;1-18(2,13-9-4-5-10-20-13)23-16(24)15-11-7-6-8-12(25-3)14(11)21-17(19)22-15;1-23-10-5-2-4-9-12(10)20-15(16)21-13(9)14(22)19-8-11-17-6-3-7-18-11;2*1-2/h2-7,10H,8-9H2,1H3,(H,23,24)(H2,19,21,22);4-10H,1-3H3,(H,23,24)(H2,19,21,22);2-7H,8H2,1H3,(H,19,22)(H2,16,20,21);2*1-2H3. The van der Waals surface area contributed by atoms with E-state index in [-0.39, 0.29) is 59.2 Å². The lowest BCUT2D eigenvalue weighted by molar-refractivity contribution is 0.0903. The number of nitrogen functional groups attached to an aromatic ring is 3. The smallest absolute Gasteiger partial charge is 0.271 e. The maximum absolute atomic E-state index is 12.9. The van der Waals surface area contributed by atoms with Crippen LogP contribution in [0.3, 0.4) is 0 Å². The Morgan fingerprint density at radius 3 is 1.36 bits per heavy atom. The summed E-state index contributed by atoms with van der Waals surface area (Å²) >= 11 is 0. The summed E-state index contributed by atoms with van der Waals surface area (Å²) < 4.78 is 15.9. The van der Waals surface area contributed by atoms with Crippen molar-refractivity contribution in [2.24, 2.45) is 0 Å². The Kier molecular flexibility index (Phi) is 19.1. The van der Waals surface area contributed by atoms with Crippen LogP contribution in [0.25, 0.3) is 32.7 Å². The lowest BCUT2D eigenvalue weighted by Crippen LogP contribution is -2.42. The van der Waals surface area contributed by atoms with E-state index in [0.29, 0.717) is 55.8 Å². The topological polar surface area (TPSA) is 322 Å². The van der Waals surface area contributed by atoms with Gasteiger partial charge in [-0.2, -0.15) is 0 Å². The molecular weight excluding hydrogens is 981 g/mol. The highest BCUT2D eigenvalue weighted by Crippen LogP contribution is 2.45. The minimum atomic E-state index is -0.677. The van der Waals surface area contributed by atoms with Crippen molar-refractivity contribution in [1.29, 1.82) is 0 Å². The number of anilines is 3. The largest absolute Gasteiger partial charge is 0.494 e. The van der Waals surface area contributed by atoms with E-state index in [1.807, 2.05) is 77.9 Å². The van der Waals surface area contributed by atoms with Gasteiger partial charge in [0.15, 0.2) is 0 Å². The summed E-state index contributed by atoms with van der Waals surface area (Å²) in [6, 6.07) is 28.8. The van der Waals surface area contributed by atoms with Gasteiger partial charge in [0.2, 0.25) is 17.8 Å². The van der Waals surface area contributed by atoms with Gasteiger partial charge in [0, 0.05) is 40.9 Å². The second-order valence-corrected chi connectivity index (χ2v) is 16.8. The third kappa shape index (κ3) is 13.5. The highest BCUT2D eigenvalue weighted by atomic mass is 16.5. The summed E-state index contributed by atoms with van der Waals surface area (Å²) in [6.07, 6.45) is 8.32. The Labute approximate surface area is 445 Å². The van der Waals surface area contributed by atoms with E-state index in [2.05, 4.69) is 65.8 Å². The molecule has 0 spiro atoms. The number of nitrogens with zero attached hydrogens (tertiary/aromatic N) is 10. The molecule has 398 valence electrons. The van der Waals surface area contributed by atoms with Gasteiger partial charge in [-0.1, -0.05) is 76.2 Å². The Bertz CT molecular complexity index is 3320. The third-order valence-corrected chi connectivity index (χ3v) is 11.4. The van der Waals surface area contributed by atoms with Gasteiger partial charge in [-0.3, -0.25) is 24.4 Å². The maximum Gasteiger partial charge on any atom is 0.271 e. The molecule has 6 aromatic heterocycles. The minimum absolute atomic E-state index is 0.00288. The van der Waals surface area contributed by atoms with Crippen molar-refractivity contribution in [3.63, 3.8) is 0 Å². The van der Waals surface area contributed by atoms with E-state index in [9.17, 15) is 14.4 Å². The summed E-state index contributed by atoms with van der Waals surface area (Å²) in [4.78, 5) is 79.9. The fourth-order valence-electron chi connectivity index (χ4n) is 7.74. The van der Waals surface area contributed by atoms with E-state index in [0.717, 1.165) is 24.2 Å². The van der Waals surface area contributed by atoms with E-state index in [4.69, 9.17) is 31.4 Å². The number of nitrogens with two attached hydrogens (primary N) is 3. The number of rotatable bonds is 12. The van der Waals surface area contributed by atoms with Gasteiger partial charge in [-0.15, -0.1) is 0 Å². The van der Waals surface area contributed by atoms with Crippen molar-refractivity contribution >= 4 is 68.3 Å². The second kappa shape index (κ2) is 26.0. The fourth-order valence-corrected chi connectivity index (χ4v) is 7.74. The van der Waals surface area contributed by atoms with Crippen LogP contribution in [0.5, 0.6) is 17.2 Å². The summed E-state index contributed by atoms with van der Waals surface area (Å²) in [5.41, 5.74) is 19.9. The van der Waals surface area contributed by atoms with Crippen LogP contribution < -0.4 is 47.4 Å². The average Bonchev–Trinajstić information content (AvgIpc) is 4.27. The van der Waals surface area contributed by atoms with Crippen LogP contribution in [-0.4, -0.2) is 88.9 Å². The number of benzene rings is 3. The Morgan fingerprint density at radius 1 is 0.519 bits per heavy atom. The van der Waals surface area contributed by atoms with Gasteiger partial charge in [-0.25, -0.2) is 39.9 Å². The number of pyridine rings is 2. The molecule has 3 amide bonds. The van der Waals surface area contributed by atoms with Crippen LogP contribution in [0.2, 0.25) is 0 Å². The zero-order valence-corrected chi connectivity index (χ0v) is 44.3. The van der Waals surface area contributed by atoms with Gasteiger partial charge in [0.1, 0.15) is 56.7 Å². The molecule has 0 atom stereocenters. The number of nitrogens with one attached hydrogen (secondary N) is 3. The molecule has 1 fully saturated rings. The molecule has 9 N–H and O–H groups in total. The van der Waals surface area contributed by atoms with Crippen molar-refractivity contribution in [2.75, 3.05) is 38.5 Å². The number of fused-ring (bicyclic) bond motifs is 3. The maximum atomic E-state index is 12.9. The molecule has 1 saturated carbocycles. The van der Waals surface area contributed by atoms with E-state index >= 15 is 0 Å². The summed E-state index contributed by atoms with van der Waals surface area (Å²) in [5, 5.41) is 10.5. The minimum Gasteiger partial charge on any atom is -0.494 e. The summed E-state index contributed by atoms with van der Waals surface area (Å²) in [6.45, 7) is 11.9. The fraction of sp³-hybridized carbons (Fsp3) is 0.255. The van der Waals surface area contributed by atoms with Gasteiger partial charge in [0.05, 0.1) is 50.3 Å². The number of carbonyl (C=O) groups excluding carboxylic acids is 3. The molecular formula is C55H62N16O6. The number of hydrogen-bond donors (Lipinski definition) is 6. The number of para-hydroxylation sites is 3. The van der Waals surface area contributed by atoms with Gasteiger partial charge in [-0.05, 0) is 75.2 Å². The van der Waals surface area contributed by atoms with Crippen LogP contribution in [0.1, 0.15) is 103 Å². The molecule has 9 aromatic rings. The second-order valence-electron chi connectivity index (χ2n) is 16.8. The molecule has 0 bridgehead atoms. The molecule has 0 aliphatic heterocycles. The average molecular weight is 1040 g/mol. The highest BCUT2D eigenvalue weighted by molar-refractivity contribution is 6.08. The third-order valence-electron chi connectivity index (χ3n) is 11.4. The van der Waals surface area contributed by atoms with Gasteiger partial charge in [0.25, 0.3) is 17.7 Å². The summed E-state index contributed by atoms with van der Waals surface area (Å²) in [5.74, 6) is 1.12. The zero-order chi connectivity index (χ0) is 55.7. The lowest BCUT2D eigenvalue weighted by atomic mass is 9.99. The number of methoxy groups -OCH3 is 3. The number of amides is 3. The number of aromatic nitrogens is 10. The molecule has 3 aromatic carbocycles. The molecule has 1 aliphatic rings. The van der Waals surface area contributed by atoms with Crippen LogP contribution in [0.4, 0.5) is 17.8 Å². The van der Waals surface area contributed by atoms with Crippen molar-refractivity contribution in [1.82, 2.24) is 65.8 Å². The molecule has 0 unspecified atom stereocenters. The van der Waals surface area contributed by atoms with Crippen LogP contribution in [0, 0.1) is 0 Å². The van der Waals surface area contributed by atoms with Crippen molar-refractivity contribution < 1.29 is 28.6 Å². The van der Waals surface area contributed by atoms with Crippen LogP contribution in [0.15, 0.2) is 122 Å². The predicted octanol–water partition coefficient (Wildman–Crippen LogP) is 7.31. The number of hydrogen-bond acceptors (Lipinski definition) is 19. The molecule has 10 rings (SSSR count). The first-order valence-corrected chi connectivity index (χ1v) is 24.6. The summed E-state index contributed by atoms with van der Waals surface area (Å²) in [7, 11) is 4.61. The van der Waals surface area contributed by atoms with E-state index < -0.39 is 11.1 Å². The lowest BCUT2D eigenvalue weighted by Gasteiger charge is -2.25. The Balaban J connectivity index is 0.000000181. The predicted molar refractivity (Wildman–Crippen MR) is 295 cm³/mol. The van der Waals surface area contributed by atoms with Gasteiger partial charge >= 0.3 is 0 Å². The quantitative estimate of drug-likeness (QED) is 0.0698. The first-order chi connectivity index (χ1) is 37.2. The molecule has 1 aliphatic carbocycles. The van der Waals surface area contributed by atoms with Gasteiger partial charge < -0.3 is 47.4 Å². The van der Waals surface area contributed by atoms with Crippen LogP contribution >= 0.6 is 0 Å². The van der Waals surface area contributed by atoms with E-state index in [1.54, 1.807) is 92.6 Å². The molecule has 6 heterocycles. The zero-order valence-electron chi connectivity index (χ0n) is 44.3. The number of carbonyl (C=O) groups is 3. The van der Waals surface area contributed by atoms with Crippen molar-refractivity contribution in [3.8, 4) is 17.2 Å². The molecule has 0 radical (unpaired) electrons. The molecule has 77 heavy (non-hydrogen) atoms. The molecule has 22 nitrogen and oxygen atoms in total. The molecule has 0 saturated heterocycles. The van der Waals surface area contributed by atoms with E-state index in [1.165, 1.54) is 14.2 Å². The first kappa shape index (κ1) is 56.6. The Morgan fingerprint density at radius 2 is 0.948 bits per heavy atom. The monoisotopic (exact) mass is 1040 g/mol. The van der Waals surface area contributed by atoms with Crippen molar-refractivity contribution in [2.45, 2.75) is 72.0 Å². The van der Waals surface area contributed by atoms with Crippen LogP contribution in [-0.2, 0) is 17.6 Å². The van der Waals surface area contributed by atoms with Crippen molar-refractivity contribution in [3.05, 3.63) is 156 Å². The number of ether oxygens (including phenoxy) is 3. The SMILES string of the molecule is CC.CC.COc1cccc2c(C(=O)NC(C)(C)c3ccccn3)nc(N)nc12.COc1cccc2c(C(=O)NC3(c4ccccn4)CC3)nc(N)nc12.COc1cccc2c(C(=O)NCc3ncccn3)nc(N)nc12. The first-order valence-electron chi connectivity index (χ1n) is 24.6. The highest BCUT2D eigenvalue weighted by Gasteiger charge is 2.47.